The zero-order valence-electron chi connectivity index (χ0n) is 62.7. The summed E-state index contributed by atoms with van der Waals surface area (Å²) < 4.78 is 68.6. The second kappa shape index (κ2) is 72.4. The van der Waals surface area contributed by atoms with Crippen molar-refractivity contribution in [3.8, 4) is 0 Å². The Bertz CT molecular complexity index is 2050. The van der Waals surface area contributed by atoms with Crippen LogP contribution >= 0.6 is 15.6 Å². The van der Waals surface area contributed by atoms with E-state index in [1.165, 1.54) is 148 Å². The van der Waals surface area contributed by atoms with Gasteiger partial charge in [0.15, 0.2) is 12.2 Å². The molecule has 0 fully saturated rings. The van der Waals surface area contributed by atoms with Crippen molar-refractivity contribution in [3.05, 3.63) is 48.6 Å². The number of aliphatic hydroxyl groups excluding tert-OH is 1. The Kier molecular flexibility index (Phi) is 70.2. The van der Waals surface area contributed by atoms with Crippen LogP contribution in [0.3, 0.4) is 0 Å². The first-order valence-electron chi connectivity index (χ1n) is 39.9. The molecule has 0 aliphatic carbocycles. The van der Waals surface area contributed by atoms with Gasteiger partial charge in [-0.25, -0.2) is 9.13 Å². The summed E-state index contributed by atoms with van der Waals surface area (Å²) in [4.78, 5) is 72.9. The number of carbonyl (C=O) groups is 4. The van der Waals surface area contributed by atoms with Gasteiger partial charge in [0.2, 0.25) is 0 Å². The van der Waals surface area contributed by atoms with Gasteiger partial charge in [-0.1, -0.05) is 288 Å². The van der Waals surface area contributed by atoms with E-state index in [4.69, 9.17) is 37.0 Å². The topological polar surface area (TPSA) is 237 Å². The Morgan fingerprint density at radius 3 is 0.796 bits per heavy atom. The largest absolute Gasteiger partial charge is 0.472 e. The molecular formula is C79H146O17P2. The van der Waals surface area contributed by atoms with Crippen LogP contribution in [0.2, 0.25) is 0 Å². The minimum Gasteiger partial charge on any atom is -0.462 e. The molecule has 0 aliphatic heterocycles. The molecule has 0 heterocycles. The number of unbranched alkanes of at least 4 members (excludes halogenated alkanes) is 42. The van der Waals surface area contributed by atoms with Crippen LogP contribution in [0.4, 0.5) is 0 Å². The van der Waals surface area contributed by atoms with Crippen LogP contribution in [0.1, 0.15) is 374 Å². The first-order chi connectivity index (χ1) is 47.7. The Hall–Kier alpha value is -2.98. The quantitative estimate of drug-likeness (QED) is 0.0169. The van der Waals surface area contributed by atoms with Crippen LogP contribution in [0.5, 0.6) is 0 Å². The fraction of sp³-hybridized carbons (Fsp3) is 0.848. The third kappa shape index (κ3) is 71.4. The molecule has 0 bridgehead atoms. The molecule has 5 atom stereocenters. The van der Waals surface area contributed by atoms with E-state index in [0.717, 1.165) is 148 Å². The zero-order valence-corrected chi connectivity index (χ0v) is 64.5. The van der Waals surface area contributed by atoms with Gasteiger partial charge in [0.1, 0.15) is 19.3 Å². The molecule has 0 aliphatic rings. The third-order valence-electron chi connectivity index (χ3n) is 17.3. The number of ether oxygens (including phenoxy) is 4. The van der Waals surface area contributed by atoms with Gasteiger partial charge >= 0.3 is 39.5 Å². The lowest BCUT2D eigenvalue weighted by molar-refractivity contribution is -0.161. The van der Waals surface area contributed by atoms with E-state index in [-0.39, 0.29) is 25.7 Å². The summed E-state index contributed by atoms with van der Waals surface area (Å²) in [6, 6.07) is 0. The van der Waals surface area contributed by atoms with E-state index in [1.54, 1.807) is 0 Å². The van der Waals surface area contributed by atoms with Crippen LogP contribution in [-0.2, 0) is 65.4 Å². The molecule has 574 valence electrons. The van der Waals surface area contributed by atoms with E-state index in [2.05, 4.69) is 76.3 Å². The summed E-state index contributed by atoms with van der Waals surface area (Å²) in [7, 11) is -9.94. The normalized spacial score (nSPS) is 14.2. The number of hydrogen-bond acceptors (Lipinski definition) is 15. The van der Waals surface area contributed by atoms with Crippen molar-refractivity contribution in [1.29, 1.82) is 0 Å². The van der Waals surface area contributed by atoms with E-state index in [0.29, 0.717) is 25.7 Å². The number of allylic oxidation sites excluding steroid dienone is 8. The minimum absolute atomic E-state index is 0.0833. The van der Waals surface area contributed by atoms with Crippen molar-refractivity contribution < 1.29 is 80.2 Å². The van der Waals surface area contributed by atoms with Gasteiger partial charge in [0.05, 0.1) is 26.4 Å². The minimum atomic E-state index is -4.97. The highest BCUT2D eigenvalue weighted by Gasteiger charge is 2.30. The molecule has 2 unspecified atom stereocenters. The SMILES string of the molecule is CCCCC/C=C\C/C=C\CCCCCCCC(=O)O[C@H](COC(=O)CCCCCCCCC/C=C\CCCCCC)COP(=O)(O)OC[C@@H](O)COP(=O)(O)OC[C@@H](COC(=O)CCCCCCCCC/C=C\CCCCCC)OC(=O)CCCCCCCCCCCCCCC. The fourth-order valence-electron chi connectivity index (χ4n) is 11.1. The average Bonchev–Trinajstić information content (AvgIpc) is 0.984. The van der Waals surface area contributed by atoms with E-state index in [1.807, 2.05) is 0 Å². The van der Waals surface area contributed by atoms with Crippen LogP contribution in [0, 0.1) is 0 Å². The highest BCUT2D eigenvalue weighted by molar-refractivity contribution is 7.47. The molecule has 17 nitrogen and oxygen atoms in total. The number of carbonyl (C=O) groups excluding carboxylic acids is 4. The fourth-order valence-corrected chi connectivity index (χ4v) is 12.7. The molecule has 0 aromatic heterocycles. The van der Waals surface area contributed by atoms with Crippen molar-refractivity contribution >= 4 is 39.5 Å². The highest BCUT2D eigenvalue weighted by atomic mass is 31.2. The molecule has 0 saturated heterocycles. The second-order valence-corrected chi connectivity index (χ2v) is 29.9. The number of phosphoric acid groups is 2. The molecule has 19 heteroatoms. The van der Waals surface area contributed by atoms with Gasteiger partial charge in [-0.3, -0.25) is 37.3 Å². The van der Waals surface area contributed by atoms with Crippen molar-refractivity contribution in [3.63, 3.8) is 0 Å². The maximum absolute atomic E-state index is 13.1. The van der Waals surface area contributed by atoms with Gasteiger partial charge in [-0.05, 0) is 109 Å². The molecule has 0 aromatic rings. The summed E-state index contributed by atoms with van der Waals surface area (Å²) >= 11 is 0. The summed E-state index contributed by atoms with van der Waals surface area (Å²) in [5.74, 6) is -2.16. The molecule has 0 amide bonds. The van der Waals surface area contributed by atoms with Gasteiger partial charge < -0.3 is 33.8 Å². The van der Waals surface area contributed by atoms with Crippen LogP contribution in [0.15, 0.2) is 48.6 Å². The van der Waals surface area contributed by atoms with Crippen molar-refractivity contribution in [2.24, 2.45) is 0 Å². The maximum atomic E-state index is 13.1. The molecule has 98 heavy (non-hydrogen) atoms. The molecule has 3 N–H and O–H groups in total. The van der Waals surface area contributed by atoms with Crippen molar-refractivity contribution in [2.45, 2.75) is 393 Å². The number of aliphatic hydroxyl groups is 1. The summed E-state index contributed by atoms with van der Waals surface area (Å²) in [6.45, 7) is 4.88. The number of esters is 4. The average molecular weight is 1430 g/mol. The maximum Gasteiger partial charge on any atom is 0.472 e. The number of rotatable bonds is 76. The Balaban J connectivity index is 5.32. The highest BCUT2D eigenvalue weighted by Crippen LogP contribution is 2.45. The second-order valence-electron chi connectivity index (χ2n) is 27.0. The summed E-state index contributed by atoms with van der Waals surface area (Å²) in [5.41, 5.74) is 0. The predicted octanol–water partition coefficient (Wildman–Crippen LogP) is 22.9. The van der Waals surface area contributed by atoms with Crippen molar-refractivity contribution in [1.82, 2.24) is 0 Å². The van der Waals surface area contributed by atoms with Gasteiger partial charge in [-0.2, -0.15) is 0 Å². The Labute approximate surface area is 597 Å². The third-order valence-corrected chi connectivity index (χ3v) is 19.2. The van der Waals surface area contributed by atoms with Crippen LogP contribution in [-0.4, -0.2) is 96.7 Å². The van der Waals surface area contributed by atoms with Crippen LogP contribution < -0.4 is 0 Å². The molecule has 0 radical (unpaired) electrons. The zero-order chi connectivity index (χ0) is 71.8. The smallest absolute Gasteiger partial charge is 0.462 e. The standard InChI is InChI=1S/C79H146O17P2/c1-5-9-13-17-21-25-29-33-36-40-43-47-51-55-59-63-76(81)89-69-74(95-78(83)65-61-57-53-49-45-39-32-28-24-20-16-12-8-4)71-93-97(85,86)91-67-73(80)68-92-98(87,88)94-72-75(96-79(84)66-62-58-54-50-46-42-38-35-31-27-23-19-15-11-7-3)70-90-77(82)64-60-56-52-48-44-41-37-34-30-26-22-18-14-10-6-2/h23,25-27,29-30,35,38,73-75,80H,5-22,24,28,31-34,36-37,39-72H2,1-4H3,(H,85,86)(H,87,88)/b27-23-,29-25-,30-26-,38-35-/t73-,74+,75+/m0/s1. The van der Waals surface area contributed by atoms with E-state index < -0.39 is 97.5 Å². The molecule has 0 aromatic carbocycles. The van der Waals surface area contributed by atoms with Gasteiger partial charge in [0, 0.05) is 25.7 Å². The van der Waals surface area contributed by atoms with E-state index >= 15 is 0 Å². The number of phosphoric ester groups is 2. The number of hydrogen-bond donors (Lipinski definition) is 3. The Morgan fingerprint density at radius 2 is 0.500 bits per heavy atom. The summed E-state index contributed by atoms with van der Waals surface area (Å²) in [6.07, 6.45) is 69.4. The van der Waals surface area contributed by atoms with E-state index in [9.17, 15) is 43.2 Å². The first kappa shape index (κ1) is 95.0. The molecular weight excluding hydrogens is 1280 g/mol. The summed E-state index contributed by atoms with van der Waals surface area (Å²) in [5, 5.41) is 10.6. The lowest BCUT2D eigenvalue weighted by atomic mass is 10.0. The predicted molar refractivity (Wildman–Crippen MR) is 400 cm³/mol. The van der Waals surface area contributed by atoms with Gasteiger partial charge in [0.25, 0.3) is 0 Å². The van der Waals surface area contributed by atoms with Crippen molar-refractivity contribution in [2.75, 3.05) is 39.6 Å². The monoisotopic (exact) mass is 1430 g/mol. The van der Waals surface area contributed by atoms with Gasteiger partial charge in [-0.15, -0.1) is 0 Å². The lowest BCUT2D eigenvalue weighted by Gasteiger charge is -2.21. The Morgan fingerprint density at radius 1 is 0.286 bits per heavy atom. The molecule has 0 rings (SSSR count). The molecule has 0 saturated carbocycles. The first-order valence-corrected chi connectivity index (χ1v) is 42.9. The van der Waals surface area contributed by atoms with Crippen LogP contribution in [0.25, 0.3) is 0 Å². The lowest BCUT2D eigenvalue weighted by Crippen LogP contribution is -2.30. The molecule has 0 spiro atoms.